The van der Waals surface area contributed by atoms with Crippen molar-refractivity contribution in [2.24, 2.45) is 0 Å². The molecule has 1 fully saturated rings. The van der Waals surface area contributed by atoms with E-state index in [0.29, 0.717) is 23.7 Å². The zero-order chi connectivity index (χ0) is 18.7. The number of hydrogen-bond donors (Lipinski definition) is 1. The van der Waals surface area contributed by atoms with Gasteiger partial charge in [-0.2, -0.15) is 4.31 Å². The van der Waals surface area contributed by atoms with Crippen LogP contribution in [0.15, 0.2) is 47.4 Å². The highest BCUT2D eigenvalue weighted by Gasteiger charge is 2.28. The SMILES string of the molecule is O=C(NCc1ccccc1Cl)c1cc(S(=O)(=O)N2CCCC2)ccc1F. The lowest BCUT2D eigenvalue weighted by Crippen LogP contribution is -2.29. The summed E-state index contributed by atoms with van der Waals surface area (Å²) in [5.74, 6) is -1.47. The fraction of sp³-hybridized carbons (Fsp3) is 0.278. The first-order valence-electron chi connectivity index (χ1n) is 8.21. The molecule has 0 saturated carbocycles. The van der Waals surface area contributed by atoms with E-state index in [1.165, 1.54) is 10.4 Å². The number of sulfonamides is 1. The van der Waals surface area contributed by atoms with Gasteiger partial charge in [0.1, 0.15) is 5.82 Å². The van der Waals surface area contributed by atoms with Gasteiger partial charge in [-0.05, 0) is 42.7 Å². The van der Waals surface area contributed by atoms with Crippen molar-refractivity contribution in [1.82, 2.24) is 9.62 Å². The van der Waals surface area contributed by atoms with E-state index in [0.717, 1.165) is 25.0 Å². The molecule has 26 heavy (non-hydrogen) atoms. The number of hydrogen-bond acceptors (Lipinski definition) is 3. The highest BCUT2D eigenvalue weighted by Crippen LogP contribution is 2.23. The van der Waals surface area contributed by atoms with Crippen LogP contribution >= 0.6 is 11.6 Å². The van der Waals surface area contributed by atoms with Gasteiger partial charge in [0.25, 0.3) is 5.91 Å². The zero-order valence-corrected chi connectivity index (χ0v) is 15.5. The van der Waals surface area contributed by atoms with Crippen LogP contribution in [0.1, 0.15) is 28.8 Å². The smallest absolute Gasteiger partial charge is 0.254 e. The van der Waals surface area contributed by atoms with E-state index in [1.807, 2.05) is 0 Å². The van der Waals surface area contributed by atoms with Gasteiger partial charge in [-0.1, -0.05) is 29.8 Å². The van der Waals surface area contributed by atoms with E-state index < -0.39 is 21.7 Å². The molecule has 2 aromatic carbocycles. The Bertz CT molecular complexity index is 928. The van der Waals surface area contributed by atoms with Crippen molar-refractivity contribution in [1.29, 1.82) is 0 Å². The second-order valence-electron chi connectivity index (χ2n) is 6.03. The highest BCUT2D eigenvalue weighted by molar-refractivity contribution is 7.89. The molecule has 0 aliphatic carbocycles. The first kappa shape index (κ1) is 18.8. The Morgan fingerprint density at radius 3 is 2.54 bits per heavy atom. The Labute approximate surface area is 156 Å². The molecule has 1 amide bonds. The average molecular weight is 397 g/mol. The maximum absolute atomic E-state index is 14.1. The largest absolute Gasteiger partial charge is 0.348 e. The Morgan fingerprint density at radius 1 is 1.15 bits per heavy atom. The summed E-state index contributed by atoms with van der Waals surface area (Å²) in [6.45, 7) is 0.989. The summed E-state index contributed by atoms with van der Waals surface area (Å²) >= 11 is 6.03. The molecule has 0 aromatic heterocycles. The molecule has 3 rings (SSSR count). The normalized spacial score (nSPS) is 15.2. The summed E-state index contributed by atoms with van der Waals surface area (Å²) in [6, 6.07) is 10.3. The van der Waals surface area contributed by atoms with Gasteiger partial charge >= 0.3 is 0 Å². The molecule has 5 nitrogen and oxygen atoms in total. The molecule has 0 bridgehead atoms. The van der Waals surface area contributed by atoms with Crippen LogP contribution in [-0.4, -0.2) is 31.7 Å². The van der Waals surface area contributed by atoms with Crippen molar-refractivity contribution in [2.45, 2.75) is 24.3 Å². The van der Waals surface area contributed by atoms with Gasteiger partial charge in [-0.25, -0.2) is 12.8 Å². The Balaban J connectivity index is 1.81. The lowest BCUT2D eigenvalue weighted by molar-refractivity contribution is 0.0946. The minimum atomic E-state index is -3.72. The van der Waals surface area contributed by atoms with Crippen LogP contribution in [-0.2, 0) is 16.6 Å². The second kappa shape index (κ2) is 7.73. The summed E-state index contributed by atoms with van der Waals surface area (Å²) < 4.78 is 40.6. The Kier molecular flexibility index (Phi) is 5.60. The number of nitrogens with zero attached hydrogens (tertiary/aromatic N) is 1. The van der Waals surface area contributed by atoms with Gasteiger partial charge in [0.15, 0.2) is 0 Å². The fourth-order valence-corrected chi connectivity index (χ4v) is 4.58. The summed E-state index contributed by atoms with van der Waals surface area (Å²) in [7, 11) is -3.72. The van der Waals surface area contributed by atoms with Gasteiger partial charge in [-0.3, -0.25) is 4.79 Å². The van der Waals surface area contributed by atoms with E-state index >= 15 is 0 Å². The van der Waals surface area contributed by atoms with Gasteiger partial charge in [0.05, 0.1) is 10.5 Å². The van der Waals surface area contributed by atoms with Crippen molar-refractivity contribution in [2.75, 3.05) is 13.1 Å². The van der Waals surface area contributed by atoms with E-state index in [2.05, 4.69) is 5.32 Å². The molecule has 1 aliphatic rings. The third-order valence-electron chi connectivity index (χ3n) is 4.28. The molecule has 1 heterocycles. The lowest BCUT2D eigenvalue weighted by atomic mass is 10.2. The number of halogens is 2. The molecule has 0 atom stereocenters. The minimum absolute atomic E-state index is 0.0799. The molecule has 1 aliphatic heterocycles. The Morgan fingerprint density at radius 2 is 1.85 bits per heavy atom. The first-order valence-corrected chi connectivity index (χ1v) is 10.0. The number of carbonyl (C=O) groups excluding carboxylic acids is 1. The van der Waals surface area contributed by atoms with Crippen molar-refractivity contribution in [3.05, 3.63) is 64.4 Å². The molecule has 0 unspecified atom stereocenters. The molecular formula is C18H18ClFN2O3S. The molecular weight excluding hydrogens is 379 g/mol. The van der Waals surface area contributed by atoms with E-state index in [9.17, 15) is 17.6 Å². The third kappa shape index (κ3) is 3.90. The number of amides is 1. The predicted molar refractivity (Wildman–Crippen MR) is 97.0 cm³/mol. The maximum Gasteiger partial charge on any atom is 0.254 e. The van der Waals surface area contributed by atoms with Gasteiger partial charge in [0, 0.05) is 24.7 Å². The molecule has 2 aromatic rings. The predicted octanol–water partition coefficient (Wildman–Crippen LogP) is 3.19. The van der Waals surface area contributed by atoms with Crippen molar-refractivity contribution < 1.29 is 17.6 Å². The average Bonchev–Trinajstić information content (AvgIpc) is 3.16. The van der Waals surface area contributed by atoms with Crippen LogP contribution in [0.2, 0.25) is 5.02 Å². The molecule has 1 saturated heterocycles. The monoisotopic (exact) mass is 396 g/mol. The summed E-state index contributed by atoms with van der Waals surface area (Å²) in [5.41, 5.74) is 0.376. The quantitative estimate of drug-likeness (QED) is 0.844. The maximum atomic E-state index is 14.1. The number of benzene rings is 2. The topological polar surface area (TPSA) is 66.5 Å². The summed E-state index contributed by atoms with van der Waals surface area (Å²) in [4.78, 5) is 12.3. The molecule has 0 radical (unpaired) electrons. The molecule has 0 spiro atoms. The van der Waals surface area contributed by atoms with E-state index in [1.54, 1.807) is 24.3 Å². The van der Waals surface area contributed by atoms with Crippen molar-refractivity contribution in [3.8, 4) is 0 Å². The Hall–Kier alpha value is -1.96. The van der Waals surface area contributed by atoms with Gasteiger partial charge in [0.2, 0.25) is 10.0 Å². The summed E-state index contributed by atoms with van der Waals surface area (Å²) in [5, 5.41) is 3.06. The van der Waals surface area contributed by atoms with Gasteiger partial charge < -0.3 is 5.32 Å². The van der Waals surface area contributed by atoms with Crippen LogP contribution in [0.5, 0.6) is 0 Å². The lowest BCUT2D eigenvalue weighted by Gasteiger charge is -2.16. The third-order valence-corrected chi connectivity index (χ3v) is 6.55. The van der Waals surface area contributed by atoms with Crippen LogP contribution in [0.25, 0.3) is 0 Å². The fourth-order valence-electron chi connectivity index (χ4n) is 2.83. The van der Waals surface area contributed by atoms with E-state index in [4.69, 9.17) is 11.6 Å². The van der Waals surface area contributed by atoms with Crippen LogP contribution in [0.4, 0.5) is 4.39 Å². The van der Waals surface area contributed by atoms with Gasteiger partial charge in [-0.15, -0.1) is 0 Å². The molecule has 8 heteroatoms. The zero-order valence-electron chi connectivity index (χ0n) is 13.9. The van der Waals surface area contributed by atoms with Crippen LogP contribution in [0.3, 0.4) is 0 Å². The number of nitrogens with one attached hydrogen (secondary N) is 1. The van der Waals surface area contributed by atoms with Crippen molar-refractivity contribution >= 4 is 27.5 Å². The van der Waals surface area contributed by atoms with Crippen LogP contribution < -0.4 is 5.32 Å². The standard InChI is InChI=1S/C18H18ClFN2O3S/c19-16-6-2-1-5-13(16)12-21-18(23)15-11-14(7-8-17(15)20)26(24,25)22-9-3-4-10-22/h1-2,5-8,11H,3-4,9-10,12H2,(H,21,23). The summed E-state index contributed by atoms with van der Waals surface area (Å²) in [6.07, 6.45) is 1.59. The van der Waals surface area contributed by atoms with E-state index in [-0.39, 0.29) is 17.0 Å². The first-order chi connectivity index (χ1) is 12.4. The number of rotatable bonds is 5. The number of carbonyl (C=O) groups is 1. The minimum Gasteiger partial charge on any atom is -0.348 e. The second-order valence-corrected chi connectivity index (χ2v) is 8.37. The molecule has 1 N–H and O–H groups in total. The highest BCUT2D eigenvalue weighted by atomic mass is 35.5. The molecule has 138 valence electrons. The van der Waals surface area contributed by atoms with Crippen molar-refractivity contribution in [3.63, 3.8) is 0 Å². The van der Waals surface area contributed by atoms with Crippen LogP contribution in [0, 0.1) is 5.82 Å².